The molecule has 1 aliphatic carbocycles. The molecular weight excluding hydrogens is 268 g/mol. The Morgan fingerprint density at radius 3 is 2.05 bits per heavy atom. The summed E-state index contributed by atoms with van der Waals surface area (Å²) in [4.78, 5) is 2.44. The maximum Gasteiger partial charge on any atom is 0.131 e. The molecule has 0 amide bonds. The standard InChI is InChI=1S/C16H26N2O3/c1-5-18(11-6-7-11)13(10-17)16-14(20-3)8-12(19-2)9-15(16)21-4/h8-9,11,13H,5-7,10,17H2,1-4H3. The first-order valence-electron chi connectivity index (χ1n) is 7.45. The van der Waals surface area contributed by atoms with E-state index in [1.807, 2.05) is 12.1 Å². The first kappa shape index (κ1) is 15.9. The Labute approximate surface area is 127 Å². The van der Waals surface area contributed by atoms with E-state index in [1.54, 1.807) is 21.3 Å². The number of methoxy groups -OCH3 is 3. The molecule has 2 rings (SSSR count). The summed E-state index contributed by atoms with van der Waals surface area (Å²) in [7, 11) is 4.97. The summed E-state index contributed by atoms with van der Waals surface area (Å²) in [6.07, 6.45) is 2.48. The molecule has 1 aliphatic rings. The minimum absolute atomic E-state index is 0.0957. The van der Waals surface area contributed by atoms with Gasteiger partial charge in [0.2, 0.25) is 0 Å². The van der Waals surface area contributed by atoms with Crippen LogP contribution < -0.4 is 19.9 Å². The van der Waals surface area contributed by atoms with Gasteiger partial charge in [0.25, 0.3) is 0 Å². The van der Waals surface area contributed by atoms with Gasteiger partial charge in [0.15, 0.2) is 0 Å². The zero-order valence-electron chi connectivity index (χ0n) is 13.4. The Balaban J connectivity index is 2.47. The van der Waals surface area contributed by atoms with Crippen LogP contribution in [0.1, 0.15) is 31.4 Å². The summed E-state index contributed by atoms with van der Waals surface area (Å²) in [5.41, 5.74) is 7.09. The van der Waals surface area contributed by atoms with E-state index in [9.17, 15) is 0 Å². The van der Waals surface area contributed by atoms with Crippen LogP contribution in [0.3, 0.4) is 0 Å². The van der Waals surface area contributed by atoms with Gasteiger partial charge in [-0.15, -0.1) is 0 Å². The summed E-state index contributed by atoms with van der Waals surface area (Å²) >= 11 is 0. The van der Waals surface area contributed by atoms with E-state index in [4.69, 9.17) is 19.9 Å². The predicted molar refractivity (Wildman–Crippen MR) is 83.3 cm³/mol. The van der Waals surface area contributed by atoms with Gasteiger partial charge in [-0.05, 0) is 19.4 Å². The third kappa shape index (κ3) is 3.24. The second-order valence-corrected chi connectivity index (χ2v) is 5.26. The van der Waals surface area contributed by atoms with Gasteiger partial charge in [-0.3, -0.25) is 4.90 Å². The first-order valence-corrected chi connectivity index (χ1v) is 7.45. The Kier molecular flexibility index (Phi) is 5.31. The van der Waals surface area contributed by atoms with Crippen molar-refractivity contribution in [2.45, 2.75) is 31.8 Å². The van der Waals surface area contributed by atoms with Gasteiger partial charge >= 0.3 is 0 Å². The Morgan fingerprint density at radius 2 is 1.71 bits per heavy atom. The summed E-state index contributed by atoms with van der Waals surface area (Å²) in [6, 6.07) is 4.50. The maximum absolute atomic E-state index is 6.08. The molecule has 5 heteroatoms. The van der Waals surface area contributed by atoms with Gasteiger partial charge < -0.3 is 19.9 Å². The molecular formula is C16H26N2O3. The molecule has 0 saturated heterocycles. The highest BCUT2D eigenvalue weighted by Crippen LogP contribution is 2.43. The van der Waals surface area contributed by atoms with Crippen molar-refractivity contribution >= 4 is 0 Å². The van der Waals surface area contributed by atoms with Crippen LogP contribution in [0.5, 0.6) is 17.2 Å². The molecule has 2 N–H and O–H groups in total. The third-order valence-corrected chi connectivity index (χ3v) is 4.09. The minimum atomic E-state index is 0.0957. The molecule has 5 nitrogen and oxygen atoms in total. The molecule has 118 valence electrons. The second kappa shape index (κ2) is 7.00. The van der Waals surface area contributed by atoms with Crippen molar-refractivity contribution < 1.29 is 14.2 Å². The molecule has 1 aromatic rings. The molecule has 1 aromatic carbocycles. The van der Waals surface area contributed by atoms with Crippen molar-refractivity contribution in [3.05, 3.63) is 17.7 Å². The highest BCUT2D eigenvalue weighted by Gasteiger charge is 2.35. The fourth-order valence-corrected chi connectivity index (χ4v) is 2.92. The van der Waals surface area contributed by atoms with Crippen LogP contribution in [0.4, 0.5) is 0 Å². The van der Waals surface area contributed by atoms with E-state index in [0.29, 0.717) is 12.6 Å². The zero-order valence-corrected chi connectivity index (χ0v) is 13.4. The van der Waals surface area contributed by atoms with E-state index in [0.717, 1.165) is 29.4 Å². The van der Waals surface area contributed by atoms with Gasteiger partial charge in [0.05, 0.1) is 32.9 Å². The van der Waals surface area contributed by atoms with E-state index in [2.05, 4.69) is 11.8 Å². The molecule has 0 radical (unpaired) electrons. The van der Waals surface area contributed by atoms with Gasteiger partial charge in [-0.1, -0.05) is 6.92 Å². The molecule has 1 saturated carbocycles. The van der Waals surface area contributed by atoms with Crippen LogP contribution in [-0.4, -0.2) is 45.4 Å². The van der Waals surface area contributed by atoms with Crippen molar-refractivity contribution in [2.24, 2.45) is 5.73 Å². The lowest BCUT2D eigenvalue weighted by Crippen LogP contribution is -2.35. The fourth-order valence-electron chi connectivity index (χ4n) is 2.92. The molecule has 1 atom stereocenters. The average molecular weight is 294 g/mol. The highest BCUT2D eigenvalue weighted by molar-refractivity contribution is 5.52. The number of rotatable bonds is 8. The molecule has 0 bridgehead atoms. The van der Waals surface area contributed by atoms with Crippen molar-refractivity contribution in [3.63, 3.8) is 0 Å². The number of likely N-dealkylation sites (N-methyl/N-ethyl adjacent to an activating group) is 1. The van der Waals surface area contributed by atoms with Gasteiger partial charge in [0.1, 0.15) is 17.2 Å². The fraction of sp³-hybridized carbons (Fsp3) is 0.625. The highest BCUT2D eigenvalue weighted by atomic mass is 16.5. The summed E-state index contributed by atoms with van der Waals surface area (Å²) in [5, 5.41) is 0. The Bertz CT molecular complexity index is 450. The quantitative estimate of drug-likeness (QED) is 0.796. The average Bonchev–Trinajstić information content (AvgIpc) is 3.36. The smallest absolute Gasteiger partial charge is 0.131 e. The SMILES string of the molecule is CCN(C1CC1)C(CN)c1c(OC)cc(OC)cc1OC. The van der Waals surface area contributed by atoms with E-state index >= 15 is 0 Å². The van der Waals surface area contributed by atoms with Crippen LogP contribution in [0.15, 0.2) is 12.1 Å². The number of hydrogen-bond donors (Lipinski definition) is 1. The molecule has 1 unspecified atom stereocenters. The van der Waals surface area contributed by atoms with Crippen LogP contribution in [0, 0.1) is 0 Å². The molecule has 0 aromatic heterocycles. The maximum atomic E-state index is 6.08. The summed E-state index contributed by atoms with van der Waals surface area (Å²) in [6.45, 7) is 3.66. The van der Waals surface area contributed by atoms with Crippen LogP contribution in [0.25, 0.3) is 0 Å². The number of ether oxygens (including phenoxy) is 3. The lowest BCUT2D eigenvalue weighted by molar-refractivity contribution is 0.193. The van der Waals surface area contributed by atoms with Gasteiger partial charge in [-0.25, -0.2) is 0 Å². The van der Waals surface area contributed by atoms with Crippen LogP contribution >= 0.6 is 0 Å². The normalized spacial score (nSPS) is 15.9. The Morgan fingerprint density at radius 1 is 1.14 bits per heavy atom. The Hall–Kier alpha value is -1.46. The topological polar surface area (TPSA) is 57.0 Å². The van der Waals surface area contributed by atoms with E-state index < -0.39 is 0 Å². The molecule has 1 fully saturated rings. The molecule has 0 aliphatic heterocycles. The number of nitrogens with two attached hydrogens (primary N) is 1. The minimum Gasteiger partial charge on any atom is -0.496 e. The number of nitrogens with zero attached hydrogens (tertiary/aromatic N) is 1. The van der Waals surface area contributed by atoms with Gasteiger partial charge in [-0.2, -0.15) is 0 Å². The largest absolute Gasteiger partial charge is 0.496 e. The molecule has 21 heavy (non-hydrogen) atoms. The number of benzene rings is 1. The predicted octanol–water partition coefficient (Wildman–Crippen LogP) is 2.20. The monoisotopic (exact) mass is 294 g/mol. The summed E-state index contributed by atoms with van der Waals surface area (Å²) in [5.74, 6) is 2.25. The van der Waals surface area contributed by atoms with E-state index in [1.165, 1.54) is 12.8 Å². The van der Waals surface area contributed by atoms with Crippen molar-refractivity contribution in [2.75, 3.05) is 34.4 Å². The molecule has 0 heterocycles. The lowest BCUT2D eigenvalue weighted by atomic mass is 10.0. The van der Waals surface area contributed by atoms with Crippen molar-refractivity contribution in [3.8, 4) is 17.2 Å². The molecule has 0 spiro atoms. The van der Waals surface area contributed by atoms with Gasteiger partial charge in [0, 0.05) is 24.7 Å². The van der Waals surface area contributed by atoms with E-state index in [-0.39, 0.29) is 6.04 Å². The third-order valence-electron chi connectivity index (χ3n) is 4.09. The van der Waals surface area contributed by atoms with Crippen molar-refractivity contribution in [1.82, 2.24) is 4.90 Å². The van der Waals surface area contributed by atoms with Crippen LogP contribution in [-0.2, 0) is 0 Å². The first-order chi connectivity index (χ1) is 10.2. The lowest BCUT2D eigenvalue weighted by Gasteiger charge is -2.32. The van der Waals surface area contributed by atoms with Crippen molar-refractivity contribution in [1.29, 1.82) is 0 Å². The van der Waals surface area contributed by atoms with Crippen LogP contribution in [0.2, 0.25) is 0 Å². The second-order valence-electron chi connectivity index (χ2n) is 5.26. The zero-order chi connectivity index (χ0) is 15.4. The number of hydrogen-bond acceptors (Lipinski definition) is 5. The summed E-state index contributed by atoms with van der Waals surface area (Å²) < 4.78 is 16.4.